The lowest BCUT2D eigenvalue weighted by molar-refractivity contribution is -0.174. The van der Waals surface area contributed by atoms with E-state index >= 15 is 0 Å². The van der Waals surface area contributed by atoms with Gasteiger partial charge in [0.05, 0.1) is 13.2 Å². The molecule has 1 rings (SSSR count). The number of hydrogen-bond acceptors (Lipinski definition) is 3. The summed E-state index contributed by atoms with van der Waals surface area (Å²) >= 11 is 0. The average Bonchev–Trinajstić information content (AvgIpc) is 2.28. The second-order valence-electron chi connectivity index (χ2n) is 4.34. The maximum atomic E-state index is 11.8. The zero-order chi connectivity index (χ0) is 14.5. The summed E-state index contributed by atoms with van der Waals surface area (Å²) in [5, 5.41) is 0. The Bertz CT molecular complexity index is 419. The van der Waals surface area contributed by atoms with Crippen LogP contribution in [-0.4, -0.2) is 26.0 Å². The third-order valence-corrected chi connectivity index (χ3v) is 2.52. The number of aryl methyl sites for hydroxylation is 2. The molecule has 1 aromatic carbocycles. The van der Waals surface area contributed by atoms with Crippen molar-refractivity contribution in [3.63, 3.8) is 0 Å². The predicted molar refractivity (Wildman–Crippen MR) is 67.3 cm³/mol. The number of benzene rings is 1. The van der Waals surface area contributed by atoms with Crippen LogP contribution in [0.3, 0.4) is 0 Å². The van der Waals surface area contributed by atoms with Crippen LogP contribution in [0.25, 0.3) is 0 Å². The van der Waals surface area contributed by atoms with Crippen molar-refractivity contribution in [1.82, 2.24) is 0 Å². The average molecular weight is 277 g/mol. The summed E-state index contributed by atoms with van der Waals surface area (Å²) in [5.41, 5.74) is 8.31. The highest BCUT2D eigenvalue weighted by atomic mass is 19.4. The predicted octanol–water partition coefficient (Wildman–Crippen LogP) is 3.23. The van der Waals surface area contributed by atoms with Crippen molar-refractivity contribution < 1.29 is 22.6 Å². The van der Waals surface area contributed by atoms with Gasteiger partial charge in [-0.25, -0.2) is 0 Å². The number of ether oxygens (including phenoxy) is 2. The van der Waals surface area contributed by atoms with Gasteiger partial charge in [0, 0.05) is 18.2 Å². The summed E-state index contributed by atoms with van der Waals surface area (Å²) in [4.78, 5) is 0. The largest absolute Gasteiger partial charge is 0.493 e. The second-order valence-corrected chi connectivity index (χ2v) is 4.34. The minimum atomic E-state index is -4.27. The molecular weight excluding hydrogens is 259 g/mol. The Morgan fingerprint density at radius 2 is 1.79 bits per heavy atom. The Hall–Kier alpha value is -1.43. The van der Waals surface area contributed by atoms with Gasteiger partial charge in [-0.05, 0) is 25.0 Å². The van der Waals surface area contributed by atoms with Gasteiger partial charge in [0.2, 0.25) is 0 Å². The molecule has 0 aromatic heterocycles. The Labute approximate surface area is 110 Å². The Morgan fingerprint density at radius 1 is 1.11 bits per heavy atom. The number of nitrogens with two attached hydrogens (primary N) is 1. The fourth-order valence-electron chi connectivity index (χ4n) is 1.53. The highest BCUT2D eigenvalue weighted by molar-refractivity contribution is 5.54. The lowest BCUT2D eigenvalue weighted by Crippen LogP contribution is -2.18. The van der Waals surface area contributed by atoms with E-state index in [1.807, 2.05) is 19.9 Å². The van der Waals surface area contributed by atoms with Crippen molar-refractivity contribution in [1.29, 1.82) is 0 Å². The third kappa shape index (κ3) is 5.83. The SMILES string of the molecule is Cc1cc(C)c(OCCCOCC(F)(F)F)cc1N. The molecule has 0 aliphatic heterocycles. The van der Waals surface area contributed by atoms with Gasteiger partial charge in [-0.15, -0.1) is 0 Å². The van der Waals surface area contributed by atoms with Crippen molar-refractivity contribution in [2.75, 3.05) is 25.6 Å². The summed E-state index contributed by atoms with van der Waals surface area (Å²) in [5.74, 6) is 0.652. The molecule has 3 nitrogen and oxygen atoms in total. The van der Waals surface area contributed by atoms with Gasteiger partial charge >= 0.3 is 6.18 Å². The lowest BCUT2D eigenvalue weighted by Gasteiger charge is -2.12. The summed E-state index contributed by atoms with van der Waals surface area (Å²) in [6.45, 7) is 2.88. The molecule has 108 valence electrons. The maximum Gasteiger partial charge on any atom is 0.411 e. The lowest BCUT2D eigenvalue weighted by atomic mass is 10.1. The highest BCUT2D eigenvalue weighted by Gasteiger charge is 2.27. The molecule has 0 aliphatic carbocycles. The number of nitrogen functional groups attached to an aromatic ring is 1. The van der Waals surface area contributed by atoms with E-state index in [0.717, 1.165) is 11.1 Å². The molecule has 0 unspecified atom stereocenters. The molecule has 0 fully saturated rings. The highest BCUT2D eigenvalue weighted by Crippen LogP contribution is 2.24. The normalized spacial score (nSPS) is 11.6. The van der Waals surface area contributed by atoms with E-state index in [-0.39, 0.29) is 6.61 Å². The third-order valence-electron chi connectivity index (χ3n) is 2.52. The minimum absolute atomic E-state index is 0.0138. The number of halogens is 3. The van der Waals surface area contributed by atoms with Crippen LogP contribution in [-0.2, 0) is 4.74 Å². The molecule has 2 N–H and O–H groups in total. The summed E-state index contributed by atoms with van der Waals surface area (Å²) in [7, 11) is 0. The summed E-state index contributed by atoms with van der Waals surface area (Å²) < 4.78 is 45.3. The van der Waals surface area contributed by atoms with Crippen LogP contribution in [0.4, 0.5) is 18.9 Å². The second kappa shape index (κ2) is 6.65. The summed E-state index contributed by atoms with van der Waals surface area (Å²) in [6, 6.07) is 3.63. The van der Waals surface area contributed by atoms with Gasteiger partial charge in [-0.3, -0.25) is 0 Å². The Balaban J connectivity index is 2.28. The van der Waals surface area contributed by atoms with Crippen molar-refractivity contribution in [2.45, 2.75) is 26.4 Å². The Kier molecular flexibility index (Phi) is 5.47. The van der Waals surface area contributed by atoms with E-state index in [9.17, 15) is 13.2 Å². The molecule has 0 aliphatic rings. The first-order valence-electron chi connectivity index (χ1n) is 5.93. The van der Waals surface area contributed by atoms with Gasteiger partial charge in [0.25, 0.3) is 0 Å². The molecule has 6 heteroatoms. The molecule has 0 bridgehead atoms. The minimum Gasteiger partial charge on any atom is -0.493 e. The van der Waals surface area contributed by atoms with Gasteiger partial charge in [0.1, 0.15) is 12.4 Å². The molecule has 19 heavy (non-hydrogen) atoms. The van der Waals surface area contributed by atoms with Crippen LogP contribution >= 0.6 is 0 Å². The number of rotatable bonds is 6. The standard InChI is InChI=1S/C13H18F3NO2/c1-9-6-10(2)12(7-11(9)17)19-5-3-4-18-8-13(14,15)16/h6-7H,3-5,8,17H2,1-2H3. The quantitative estimate of drug-likeness (QED) is 0.641. The molecular formula is C13H18F3NO2. The molecule has 0 saturated carbocycles. The van der Waals surface area contributed by atoms with Crippen molar-refractivity contribution in [2.24, 2.45) is 0 Å². The maximum absolute atomic E-state index is 11.8. The zero-order valence-electron chi connectivity index (χ0n) is 11.0. The van der Waals surface area contributed by atoms with Crippen molar-refractivity contribution >= 4 is 5.69 Å². The van der Waals surface area contributed by atoms with Crippen LogP contribution in [0.15, 0.2) is 12.1 Å². The molecule has 0 atom stereocenters. The van der Waals surface area contributed by atoms with Crippen LogP contribution in [0, 0.1) is 13.8 Å². The topological polar surface area (TPSA) is 44.5 Å². The van der Waals surface area contributed by atoms with Gasteiger partial charge in [-0.2, -0.15) is 13.2 Å². The van der Waals surface area contributed by atoms with Crippen molar-refractivity contribution in [3.8, 4) is 5.75 Å². The van der Waals surface area contributed by atoms with E-state index in [2.05, 4.69) is 4.74 Å². The van der Waals surface area contributed by atoms with Crippen LogP contribution < -0.4 is 10.5 Å². The molecule has 0 amide bonds. The molecule has 0 saturated heterocycles. The smallest absolute Gasteiger partial charge is 0.411 e. The van der Waals surface area contributed by atoms with Crippen LogP contribution in [0.2, 0.25) is 0 Å². The van der Waals surface area contributed by atoms with E-state index in [1.54, 1.807) is 6.07 Å². The molecule has 0 radical (unpaired) electrons. The van der Waals surface area contributed by atoms with Gasteiger partial charge in [-0.1, -0.05) is 6.07 Å². The van der Waals surface area contributed by atoms with E-state index in [1.165, 1.54) is 0 Å². The summed E-state index contributed by atoms with van der Waals surface area (Å²) in [6.07, 6.45) is -3.88. The number of anilines is 1. The monoisotopic (exact) mass is 277 g/mol. The zero-order valence-corrected chi connectivity index (χ0v) is 11.0. The van der Waals surface area contributed by atoms with E-state index in [0.29, 0.717) is 24.5 Å². The van der Waals surface area contributed by atoms with E-state index < -0.39 is 12.8 Å². The van der Waals surface area contributed by atoms with E-state index in [4.69, 9.17) is 10.5 Å². The fourth-order valence-corrected chi connectivity index (χ4v) is 1.53. The van der Waals surface area contributed by atoms with Gasteiger partial charge in [0.15, 0.2) is 0 Å². The first-order chi connectivity index (χ1) is 8.79. The van der Waals surface area contributed by atoms with Crippen LogP contribution in [0.5, 0.6) is 5.75 Å². The molecule has 0 heterocycles. The van der Waals surface area contributed by atoms with Gasteiger partial charge < -0.3 is 15.2 Å². The number of hydrogen-bond donors (Lipinski definition) is 1. The number of alkyl halides is 3. The van der Waals surface area contributed by atoms with Crippen LogP contribution in [0.1, 0.15) is 17.5 Å². The Morgan fingerprint density at radius 3 is 2.42 bits per heavy atom. The molecule has 1 aromatic rings. The first kappa shape index (κ1) is 15.6. The van der Waals surface area contributed by atoms with Crippen molar-refractivity contribution in [3.05, 3.63) is 23.3 Å². The molecule has 0 spiro atoms. The fraction of sp³-hybridized carbons (Fsp3) is 0.538. The first-order valence-corrected chi connectivity index (χ1v) is 5.93.